The standard InChI is InChI=1S/C15H14ClN3O/c1-19(10-11-4-3-5-13(8-11)20-2)15-14(16)12(9-17)6-7-18-15/h3-8H,10H2,1-2H3. The van der Waals surface area contributed by atoms with Crippen LogP contribution >= 0.6 is 11.6 Å². The molecule has 0 N–H and O–H groups in total. The van der Waals surface area contributed by atoms with Crippen LogP contribution in [0.15, 0.2) is 36.5 Å². The Labute approximate surface area is 123 Å². The van der Waals surface area contributed by atoms with Crippen LogP contribution in [0.3, 0.4) is 0 Å². The highest BCUT2D eigenvalue weighted by atomic mass is 35.5. The SMILES string of the molecule is COc1cccc(CN(C)c2nccc(C#N)c2Cl)c1. The maximum Gasteiger partial charge on any atom is 0.148 e. The van der Waals surface area contributed by atoms with Gasteiger partial charge in [0.1, 0.15) is 22.7 Å². The summed E-state index contributed by atoms with van der Waals surface area (Å²) in [5.41, 5.74) is 1.50. The summed E-state index contributed by atoms with van der Waals surface area (Å²) < 4.78 is 5.20. The first kappa shape index (κ1) is 14.2. The minimum Gasteiger partial charge on any atom is -0.497 e. The Kier molecular flexibility index (Phi) is 4.44. The summed E-state index contributed by atoms with van der Waals surface area (Å²) in [6.07, 6.45) is 1.59. The molecule has 1 aromatic carbocycles. The lowest BCUT2D eigenvalue weighted by Gasteiger charge is -2.20. The molecule has 0 aliphatic carbocycles. The zero-order valence-electron chi connectivity index (χ0n) is 11.3. The second kappa shape index (κ2) is 6.27. The normalized spacial score (nSPS) is 9.90. The lowest BCUT2D eigenvalue weighted by atomic mass is 10.2. The van der Waals surface area contributed by atoms with E-state index in [1.807, 2.05) is 36.2 Å². The van der Waals surface area contributed by atoms with Crippen molar-refractivity contribution in [1.29, 1.82) is 5.26 Å². The molecule has 4 nitrogen and oxygen atoms in total. The van der Waals surface area contributed by atoms with Crippen molar-refractivity contribution in [1.82, 2.24) is 4.98 Å². The monoisotopic (exact) mass is 287 g/mol. The van der Waals surface area contributed by atoms with E-state index in [4.69, 9.17) is 21.6 Å². The minimum absolute atomic E-state index is 0.375. The lowest BCUT2D eigenvalue weighted by Crippen LogP contribution is -2.18. The van der Waals surface area contributed by atoms with E-state index in [0.29, 0.717) is 22.9 Å². The van der Waals surface area contributed by atoms with Crippen molar-refractivity contribution in [2.24, 2.45) is 0 Å². The quantitative estimate of drug-likeness (QED) is 0.866. The summed E-state index contributed by atoms with van der Waals surface area (Å²) in [7, 11) is 3.52. The maximum absolute atomic E-state index is 8.99. The molecular weight excluding hydrogens is 274 g/mol. The van der Waals surface area contributed by atoms with Gasteiger partial charge < -0.3 is 9.64 Å². The fraction of sp³-hybridized carbons (Fsp3) is 0.200. The summed E-state index contributed by atoms with van der Waals surface area (Å²) in [6, 6.07) is 11.4. The number of hydrogen-bond acceptors (Lipinski definition) is 4. The van der Waals surface area contributed by atoms with E-state index in [2.05, 4.69) is 11.1 Å². The number of anilines is 1. The lowest BCUT2D eigenvalue weighted by molar-refractivity contribution is 0.414. The minimum atomic E-state index is 0.375. The van der Waals surface area contributed by atoms with Crippen molar-refractivity contribution in [3.05, 3.63) is 52.7 Å². The van der Waals surface area contributed by atoms with Crippen LogP contribution in [0.1, 0.15) is 11.1 Å². The van der Waals surface area contributed by atoms with Crippen molar-refractivity contribution in [2.75, 3.05) is 19.1 Å². The molecule has 0 spiro atoms. The van der Waals surface area contributed by atoms with Crippen LogP contribution in [0.2, 0.25) is 5.02 Å². The van der Waals surface area contributed by atoms with Gasteiger partial charge >= 0.3 is 0 Å². The molecule has 5 heteroatoms. The fourth-order valence-corrected chi connectivity index (χ4v) is 2.20. The largest absolute Gasteiger partial charge is 0.497 e. The van der Waals surface area contributed by atoms with E-state index in [1.165, 1.54) is 0 Å². The average Bonchev–Trinajstić information content (AvgIpc) is 2.47. The first-order valence-corrected chi connectivity index (χ1v) is 6.42. The number of hydrogen-bond donors (Lipinski definition) is 0. The van der Waals surface area contributed by atoms with Gasteiger partial charge in [-0.05, 0) is 23.8 Å². The van der Waals surface area contributed by atoms with Crippen molar-refractivity contribution >= 4 is 17.4 Å². The van der Waals surface area contributed by atoms with Gasteiger partial charge in [0.2, 0.25) is 0 Å². The van der Waals surface area contributed by atoms with E-state index in [0.717, 1.165) is 11.3 Å². The molecule has 0 aliphatic heterocycles. The number of nitrogens with zero attached hydrogens (tertiary/aromatic N) is 3. The summed E-state index contributed by atoms with van der Waals surface area (Å²) in [5, 5.41) is 9.36. The Morgan fingerprint density at radius 2 is 2.20 bits per heavy atom. The molecule has 0 saturated heterocycles. The van der Waals surface area contributed by atoms with E-state index in [9.17, 15) is 0 Å². The fourth-order valence-electron chi connectivity index (χ4n) is 1.90. The van der Waals surface area contributed by atoms with Crippen molar-refractivity contribution in [2.45, 2.75) is 6.54 Å². The molecule has 0 unspecified atom stereocenters. The number of benzene rings is 1. The van der Waals surface area contributed by atoms with Crippen LogP contribution in [-0.2, 0) is 6.54 Å². The summed E-state index contributed by atoms with van der Waals surface area (Å²) in [6.45, 7) is 0.624. The van der Waals surface area contributed by atoms with E-state index in [-0.39, 0.29) is 0 Å². The summed E-state index contributed by atoms with van der Waals surface area (Å²) in [4.78, 5) is 6.14. The van der Waals surface area contributed by atoms with E-state index < -0.39 is 0 Å². The van der Waals surface area contributed by atoms with E-state index >= 15 is 0 Å². The van der Waals surface area contributed by atoms with Crippen LogP contribution in [0, 0.1) is 11.3 Å². The molecule has 0 saturated carbocycles. The molecule has 0 atom stereocenters. The number of methoxy groups -OCH3 is 1. The molecule has 2 aromatic rings. The van der Waals surface area contributed by atoms with Crippen LogP contribution < -0.4 is 9.64 Å². The molecule has 20 heavy (non-hydrogen) atoms. The molecule has 0 fully saturated rings. The molecule has 0 amide bonds. The number of halogens is 1. The van der Waals surface area contributed by atoms with E-state index in [1.54, 1.807) is 19.4 Å². The number of aromatic nitrogens is 1. The first-order chi connectivity index (χ1) is 9.65. The second-order valence-electron chi connectivity index (χ2n) is 4.32. The van der Waals surface area contributed by atoms with Gasteiger partial charge in [-0.3, -0.25) is 0 Å². The zero-order chi connectivity index (χ0) is 14.5. The van der Waals surface area contributed by atoms with Crippen molar-refractivity contribution in [3.8, 4) is 11.8 Å². The van der Waals surface area contributed by atoms with Crippen LogP contribution in [-0.4, -0.2) is 19.1 Å². The van der Waals surface area contributed by atoms with Gasteiger partial charge in [0, 0.05) is 19.8 Å². The highest BCUT2D eigenvalue weighted by molar-refractivity contribution is 6.34. The molecule has 1 aromatic heterocycles. The molecule has 0 radical (unpaired) electrons. The average molecular weight is 288 g/mol. The van der Waals surface area contributed by atoms with Gasteiger partial charge in [0.05, 0.1) is 12.7 Å². The van der Waals surface area contributed by atoms with Gasteiger partial charge in [-0.1, -0.05) is 23.7 Å². The highest BCUT2D eigenvalue weighted by Gasteiger charge is 2.12. The molecule has 0 aliphatic rings. The molecule has 0 bridgehead atoms. The Hall–Kier alpha value is -2.25. The Bertz CT molecular complexity index is 652. The highest BCUT2D eigenvalue weighted by Crippen LogP contribution is 2.27. The summed E-state index contributed by atoms with van der Waals surface area (Å²) in [5.74, 6) is 1.40. The van der Waals surface area contributed by atoms with Gasteiger partial charge in [0.25, 0.3) is 0 Å². The van der Waals surface area contributed by atoms with Crippen molar-refractivity contribution < 1.29 is 4.74 Å². The number of ether oxygens (including phenoxy) is 1. The number of nitriles is 1. The number of pyridine rings is 1. The van der Waals surface area contributed by atoms with Crippen LogP contribution in [0.25, 0.3) is 0 Å². The third kappa shape index (κ3) is 3.01. The van der Waals surface area contributed by atoms with Gasteiger partial charge in [-0.25, -0.2) is 4.98 Å². The molecule has 102 valence electrons. The van der Waals surface area contributed by atoms with Gasteiger partial charge in [0.15, 0.2) is 0 Å². The number of rotatable bonds is 4. The Morgan fingerprint density at radius 1 is 1.40 bits per heavy atom. The predicted octanol–water partition coefficient (Wildman–Crippen LogP) is 3.25. The first-order valence-electron chi connectivity index (χ1n) is 6.04. The van der Waals surface area contributed by atoms with Gasteiger partial charge in [-0.15, -0.1) is 0 Å². The third-order valence-electron chi connectivity index (χ3n) is 2.91. The van der Waals surface area contributed by atoms with Crippen LogP contribution in [0.5, 0.6) is 5.75 Å². The Balaban J connectivity index is 2.24. The second-order valence-corrected chi connectivity index (χ2v) is 4.69. The van der Waals surface area contributed by atoms with Crippen LogP contribution in [0.4, 0.5) is 5.82 Å². The van der Waals surface area contributed by atoms with Crippen molar-refractivity contribution in [3.63, 3.8) is 0 Å². The predicted molar refractivity (Wildman–Crippen MR) is 79.1 cm³/mol. The maximum atomic E-state index is 8.99. The topological polar surface area (TPSA) is 49.1 Å². The molecular formula is C15H14ClN3O. The molecule has 1 heterocycles. The zero-order valence-corrected chi connectivity index (χ0v) is 12.1. The summed E-state index contributed by atoms with van der Waals surface area (Å²) >= 11 is 6.18. The smallest absolute Gasteiger partial charge is 0.148 e. The third-order valence-corrected chi connectivity index (χ3v) is 3.28. The molecule has 2 rings (SSSR count). The van der Waals surface area contributed by atoms with Gasteiger partial charge in [-0.2, -0.15) is 5.26 Å². The Morgan fingerprint density at radius 3 is 2.90 bits per heavy atom.